The quantitative estimate of drug-likeness (QED) is 0.210. The van der Waals surface area contributed by atoms with Crippen LogP contribution in [0.15, 0.2) is 0 Å². The number of alkyl halides is 6. The van der Waals surface area contributed by atoms with Crippen LogP contribution in [0.2, 0.25) is 29.9 Å². The van der Waals surface area contributed by atoms with Crippen molar-refractivity contribution in [3.63, 3.8) is 0 Å². The molecule has 3 heterocycles. The zero-order chi connectivity index (χ0) is 20.1. The van der Waals surface area contributed by atoms with Crippen molar-refractivity contribution in [3.8, 4) is 0 Å². The molecule has 9 heteroatoms. The molecule has 0 amide bonds. The zero-order valence-corrected chi connectivity index (χ0v) is 25.1. The fraction of sp³-hybridized carbons (Fsp3) is 1.00. The summed E-state index contributed by atoms with van der Waals surface area (Å²) in [7, 11) is 0. The van der Waals surface area contributed by atoms with E-state index in [4.69, 9.17) is 69.6 Å². The number of halogens is 6. The number of hydrogen-bond acceptors (Lipinski definition) is 0. The minimum atomic E-state index is 0.462. The van der Waals surface area contributed by atoms with Crippen molar-refractivity contribution in [3.05, 3.63) is 0 Å². The van der Waals surface area contributed by atoms with Gasteiger partial charge in [-0.05, 0) is 0 Å². The maximum absolute atomic E-state index is 5.91. The van der Waals surface area contributed by atoms with Crippen LogP contribution >= 0.6 is 69.6 Å². The second-order valence-electron chi connectivity index (χ2n) is 6.83. The third-order valence-corrected chi connectivity index (χ3v) is 18.7. The molecular formula is C18H30Cl6Se3. The van der Waals surface area contributed by atoms with Gasteiger partial charge in [-0.3, -0.25) is 0 Å². The van der Waals surface area contributed by atoms with Crippen molar-refractivity contribution in [1.82, 2.24) is 0 Å². The fourth-order valence-corrected chi connectivity index (χ4v) is 13.1. The molecule has 3 aliphatic heterocycles. The SMILES string of the molecule is ClCC1CCC(CCl)[Se]1.ClCC1CCC(Cl)C[Se]1.ClCC1CCC(Cl)C[Se]1. The van der Waals surface area contributed by atoms with E-state index in [0.29, 0.717) is 10.8 Å². The Morgan fingerprint density at radius 1 is 0.519 bits per heavy atom. The Morgan fingerprint density at radius 2 is 0.852 bits per heavy atom. The van der Waals surface area contributed by atoms with Gasteiger partial charge < -0.3 is 0 Å². The average Bonchev–Trinajstić information content (AvgIpc) is 3.19. The molecule has 0 bridgehead atoms. The van der Waals surface area contributed by atoms with Gasteiger partial charge in [0.05, 0.1) is 0 Å². The molecule has 6 atom stereocenters. The van der Waals surface area contributed by atoms with Gasteiger partial charge in [0, 0.05) is 0 Å². The van der Waals surface area contributed by atoms with Crippen molar-refractivity contribution < 1.29 is 0 Å². The Bertz CT molecular complexity index is 314. The van der Waals surface area contributed by atoms with Gasteiger partial charge in [-0.1, -0.05) is 0 Å². The predicted octanol–water partition coefficient (Wildman–Crippen LogP) is 7.61. The van der Waals surface area contributed by atoms with Gasteiger partial charge >= 0.3 is 217 Å². The summed E-state index contributed by atoms with van der Waals surface area (Å²) >= 11 is 36.8. The number of rotatable bonds is 4. The maximum atomic E-state index is 5.91. The molecular weight excluding hydrogens is 666 g/mol. The minimum absolute atomic E-state index is 0.462. The molecule has 0 aromatic heterocycles. The van der Waals surface area contributed by atoms with E-state index in [-0.39, 0.29) is 0 Å². The zero-order valence-electron chi connectivity index (χ0n) is 15.4. The van der Waals surface area contributed by atoms with Gasteiger partial charge in [-0.2, -0.15) is 0 Å². The molecule has 0 radical (unpaired) electrons. The van der Waals surface area contributed by atoms with Crippen LogP contribution in [-0.4, -0.2) is 79.1 Å². The molecule has 3 aliphatic rings. The molecule has 162 valence electrons. The Balaban J connectivity index is 0.000000202. The average molecular weight is 696 g/mol. The monoisotopic (exact) mass is 696 g/mol. The van der Waals surface area contributed by atoms with E-state index in [9.17, 15) is 0 Å². The van der Waals surface area contributed by atoms with Gasteiger partial charge in [0.2, 0.25) is 0 Å². The van der Waals surface area contributed by atoms with Crippen molar-refractivity contribution in [2.75, 3.05) is 23.5 Å². The molecule has 27 heavy (non-hydrogen) atoms. The summed E-state index contributed by atoms with van der Waals surface area (Å²) in [5.41, 5.74) is 0. The second kappa shape index (κ2) is 17.8. The van der Waals surface area contributed by atoms with Crippen molar-refractivity contribution in [2.45, 2.75) is 79.2 Å². The van der Waals surface area contributed by atoms with Crippen LogP contribution in [0.5, 0.6) is 0 Å². The van der Waals surface area contributed by atoms with E-state index >= 15 is 0 Å². The van der Waals surface area contributed by atoms with Gasteiger partial charge in [-0.25, -0.2) is 0 Å². The van der Waals surface area contributed by atoms with Crippen LogP contribution in [-0.2, 0) is 0 Å². The first kappa shape index (κ1) is 28.3. The second-order valence-corrected chi connectivity index (χ2v) is 18.3. The molecule has 0 aromatic rings. The van der Waals surface area contributed by atoms with E-state index in [0.717, 1.165) is 87.7 Å². The summed E-state index contributed by atoms with van der Waals surface area (Å²) in [6, 6.07) is 0. The van der Waals surface area contributed by atoms with Crippen LogP contribution in [0.4, 0.5) is 0 Å². The standard InChI is InChI=1S/3C6H10Cl2Se/c2*7-3-6-2-1-5(8)4-9-6;7-3-5-1-2-6(4-8)9-5/h3*5-6H,1-4H2. The first-order valence-corrected chi connectivity index (χ1v) is 18.8. The summed E-state index contributed by atoms with van der Waals surface area (Å²) in [6.07, 6.45) is 7.53. The molecule has 3 rings (SSSR count). The summed E-state index contributed by atoms with van der Waals surface area (Å²) in [6.45, 7) is 0. The van der Waals surface area contributed by atoms with Crippen LogP contribution in [0, 0.1) is 0 Å². The number of hydrogen-bond donors (Lipinski definition) is 0. The molecule has 6 unspecified atom stereocenters. The van der Waals surface area contributed by atoms with Crippen molar-refractivity contribution in [2.24, 2.45) is 0 Å². The molecule has 3 saturated heterocycles. The molecule has 0 nitrogen and oxygen atoms in total. The van der Waals surface area contributed by atoms with E-state index in [1.165, 1.54) is 49.2 Å². The third kappa shape index (κ3) is 13.4. The Hall–Kier alpha value is 3.30. The topological polar surface area (TPSA) is 0 Å². The van der Waals surface area contributed by atoms with Crippen LogP contribution < -0.4 is 0 Å². The van der Waals surface area contributed by atoms with Gasteiger partial charge in [0.1, 0.15) is 0 Å². The normalized spacial score (nSPS) is 36.2. The van der Waals surface area contributed by atoms with E-state index in [1.807, 2.05) is 0 Å². The van der Waals surface area contributed by atoms with Crippen LogP contribution in [0.25, 0.3) is 0 Å². The van der Waals surface area contributed by atoms with E-state index in [1.54, 1.807) is 0 Å². The van der Waals surface area contributed by atoms with Crippen LogP contribution in [0.3, 0.4) is 0 Å². The van der Waals surface area contributed by atoms with Gasteiger partial charge in [0.25, 0.3) is 0 Å². The summed E-state index contributed by atoms with van der Waals surface area (Å²) in [5, 5.41) is 3.38. The fourth-order valence-electron chi connectivity index (χ4n) is 2.80. The summed E-state index contributed by atoms with van der Waals surface area (Å²) in [5.74, 6) is 3.41. The first-order valence-electron chi connectivity index (χ1n) is 9.42. The Kier molecular flexibility index (Phi) is 18.7. The first-order chi connectivity index (χ1) is 13.0. The van der Waals surface area contributed by atoms with E-state index < -0.39 is 0 Å². The van der Waals surface area contributed by atoms with Crippen molar-refractivity contribution >= 4 is 114 Å². The van der Waals surface area contributed by atoms with Gasteiger partial charge in [-0.15, -0.1) is 0 Å². The Morgan fingerprint density at radius 3 is 1.07 bits per heavy atom. The molecule has 3 fully saturated rings. The predicted molar refractivity (Wildman–Crippen MR) is 132 cm³/mol. The molecule has 0 spiro atoms. The molecule has 0 saturated carbocycles. The Labute approximate surface area is 215 Å². The summed E-state index contributed by atoms with van der Waals surface area (Å²) in [4.78, 5) is 3.27. The molecule has 0 aliphatic carbocycles. The molecule has 0 aromatic carbocycles. The molecule has 0 N–H and O–H groups in total. The van der Waals surface area contributed by atoms with Crippen LogP contribution in [0.1, 0.15) is 38.5 Å². The third-order valence-electron chi connectivity index (χ3n) is 4.51. The van der Waals surface area contributed by atoms with Crippen molar-refractivity contribution in [1.29, 1.82) is 0 Å². The summed E-state index contributed by atoms with van der Waals surface area (Å²) < 4.78 is 0. The van der Waals surface area contributed by atoms with E-state index in [2.05, 4.69) is 0 Å². The van der Waals surface area contributed by atoms with Gasteiger partial charge in [0.15, 0.2) is 0 Å².